The summed E-state index contributed by atoms with van der Waals surface area (Å²) in [6.07, 6.45) is 0. The lowest BCUT2D eigenvalue weighted by molar-refractivity contribution is 0.293. The van der Waals surface area contributed by atoms with Crippen molar-refractivity contribution in [1.82, 2.24) is 5.32 Å². The van der Waals surface area contributed by atoms with E-state index < -0.39 is 0 Å². The summed E-state index contributed by atoms with van der Waals surface area (Å²) in [6, 6.07) is 5.82. The molecule has 0 aromatic heterocycles. The molecule has 0 bridgehead atoms. The second-order valence-corrected chi connectivity index (χ2v) is 3.47. The van der Waals surface area contributed by atoms with Crippen molar-refractivity contribution in [1.29, 1.82) is 0 Å². The highest BCUT2D eigenvalue weighted by atomic mass is 35.5. The molecule has 0 aliphatic heterocycles. The van der Waals surface area contributed by atoms with Gasteiger partial charge in [-0.25, -0.2) is 0 Å². The van der Waals surface area contributed by atoms with Crippen LogP contribution in [0.1, 0.15) is 5.56 Å². The summed E-state index contributed by atoms with van der Waals surface area (Å²) in [5.41, 5.74) is 8.70. The fourth-order valence-electron chi connectivity index (χ4n) is 1.37. The third-order valence-electron chi connectivity index (χ3n) is 2.16. The van der Waals surface area contributed by atoms with Gasteiger partial charge in [-0.3, -0.25) is 0 Å². The molecule has 6 heteroatoms. The number of hydrogen-bond donors (Lipinski definition) is 4. The molecule has 0 heterocycles. The molecule has 17 heavy (non-hydrogen) atoms. The fourth-order valence-corrected chi connectivity index (χ4v) is 1.37. The number of aryl methyl sites for hydroxylation is 1. The molecule has 100 valence electrons. The third kappa shape index (κ3) is 7.28. The average molecular weight is 282 g/mol. The Balaban J connectivity index is 0. The molecule has 4 nitrogen and oxygen atoms in total. The summed E-state index contributed by atoms with van der Waals surface area (Å²) in [7, 11) is 0. The highest BCUT2D eigenvalue weighted by Crippen LogP contribution is 2.16. The molecule has 0 saturated heterocycles. The lowest BCUT2D eigenvalue weighted by atomic mass is 10.2. The van der Waals surface area contributed by atoms with Gasteiger partial charge in [0.25, 0.3) is 0 Å². The van der Waals surface area contributed by atoms with Crippen LogP contribution in [0, 0.1) is 6.92 Å². The number of nitrogens with two attached hydrogens (primary N) is 1. The molecule has 0 aliphatic carbocycles. The quantitative estimate of drug-likeness (QED) is 0.470. The Morgan fingerprint density at radius 3 is 2.47 bits per heavy atom. The maximum Gasteiger partial charge on any atom is 0.0555 e. The van der Waals surface area contributed by atoms with E-state index >= 15 is 0 Å². The normalized spacial score (nSPS) is 9.06. The van der Waals surface area contributed by atoms with E-state index in [0.717, 1.165) is 30.0 Å². The van der Waals surface area contributed by atoms with Crippen LogP contribution in [-0.2, 0) is 0 Å². The Morgan fingerprint density at radius 1 is 1.18 bits per heavy atom. The first-order valence-electron chi connectivity index (χ1n) is 5.15. The number of halogens is 2. The smallest absolute Gasteiger partial charge is 0.0555 e. The highest BCUT2D eigenvalue weighted by Gasteiger charge is 1.96. The van der Waals surface area contributed by atoms with Gasteiger partial charge in [-0.1, -0.05) is 0 Å². The van der Waals surface area contributed by atoms with Gasteiger partial charge in [0.2, 0.25) is 0 Å². The first-order chi connectivity index (χ1) is 7.24. The summed E-state index contributed by atoms with van der Waals surface area (Å²) in [5, 5.41) is 15.0. The van der Waals surface area contributed by atoms with Gasteiger partial charge in [0.05, 0.1) is 6.61 Å². The molecule has 0 saturated carbocycles. The topological polar surface area (TPSA) is 70.3 Å². The molecule has 1 aromatic carbocycles. The van der Waals surface area contributed by atoms with Crippen LogP contribution in [0.5, 0.6) is 0 Å². The van der Waals surface area contributed by atoms with E-state index in [4.69, 9.17) is 10.8 Å². The standard InChI is InChI=1S/C11H19N3O.2ClH/c1-9-8-10(12)2-3-11(9)14-5-4-13-6-7-15;;/h2-3,8,13-15H,4-7,12H2,1H3;2*1H. The Bertz CT molecular complexity index is 311. The molecular weight excluding hydrogens is 261 g/mol. The van der Waals surface area contributed by atoms with Crippen LogP contribution in [0.2, 0.25) is 0 Å². The van der Waals surface area contributed by atoms with Crippen molar-refractivity contribution in [2.45, 2.75) is 6.92 Å². The first kappa shape index (κ1) is 18.7. The Kier molecular flexibility index (Phi) is 11.5. The van der Waals surface area contributed by atoms with Crippen LogP contribution in [-0.4, -0.2) is 31.3 Å². The molecule has 0 spiro atoms. The van der Waals surface area contributed by atoms with Gasteiger partial charge in [-0.2, -0.15) is 0 Å². The second kappa shape index (κ2) is 10.5. The number of aliphatic hydroxyl groups is 1. The molecule has 0 aliphatic rings. The zero-order valence-corrected chi connectivity index (χ0v) is 11.5. The lowest BCUT2D eigenvalue weighted by Crippen LogP contribution is -2.25. The van der Waals surface area contributed by atoms with Gasteiger partial charge in [-0.05, 0) is 30.7 Å². The Labute approximate surface area is 115 Å². The molecule has 1 rings (SSSR count). The van der Waals surface area contributed by atoms with E-state index in [9.17, 15) is 0 Å². The van der Waals surface area contributed by atoms with Gasteiger partial charge < -0.3 is 21.5 Å². The van der Waals surface area contributed by atoms with Crippen LogP contribution in [0.25, 0.3) is 0 Å². The summed E-state index contributed by atoms with van der Waals surface area (Å²) >= 11 is 0. The van der Waals surface area contributed by atoms with Crippen molar-refractivity contribution in [2.75, 3.05) is 37.3 Å². The van der Waals surface area contributed by atoms with Crippen molar-refractivity contribution >= 4 is 36.2 Å². The number of nitrogen functional groups attached to an aromatic ring is 1. The number of aliphatic hydroxyl groups excluding tert-OH is 1. The number of rotatable bonds is 6. The van der Waals surface area contributed by atoms with Gasteiger partial charge in [0.15, 0.2) is 0 Å². The largest absolute Gasteiger partial charge is 0.399 e. The number of hydrogen-bond acceptors (Lipinski definition) is 4. The first-order valence-corrected chi connectivity index (χ1v) is 5.15. The number of benzene rings is 1. The van der Waals surface area contributed by atoms with Crippen LogP contribution in [0.3, 0.4) is 0 Å². The van der Waals surface area contributed by atoms with E-state index in [1.54, 1.807) is 0 Å². The van der Waals surface area contributed by atoms with Crippen molar-refractivity contribution in [3.8, 4) is 0 Å². The maximum absolute atomic E-state index is 8.56. The van der Waals surface area contributed by atoms with Crippen LogP contribution in [0.15, 0.2) is 18.2 Å². The second-order valence-electron chi connectivity index (χ2n) is 3.47. The predicted molar refractivity (Wildman–Crippen MR) is 78.5 cm³/mol. The Hall–Kier alpha value is -0.680. The summed E-state index contributed by atoms with van der Waals surface area (Å²) in [5.74, 6) is 0. The molecule has 5 N–H and O–H groups in total. The fraction of sp³-hybridized carbons (Fsp3) is 0.455. The third-order valence-corrected chi connectivity index (χ3v) is 2.16. The molecule has 0 amide bonds. The molecule has 0 atom stereocenters. The van der Waals surface area contributed by atoms with Gasteiger partial charge in [0, 0.05) is 31.0 Å². The maximum atomic E-state index is 8.56. The summed E-state index contributed by atoms with van der Waals surface area (Å²) < 4.78 is 0. The van der Waals surface area contributed by atoms with Gasteiger partial charge in [0.1, 0.15) is 0 Å². The van der Waals surface area contributed by atoms with E-state index in [1.165, 1.54) is 0 Å². The van der Waals surface area contributed by atoms with Crippen LogP contribution >= 0.6 is 24.8 Å². The molecule has 0 unspecified atom stereocenters. The molecule has 1 aromatic rings. The minimum absolute atomic E-state index is 0. The van der Waals surface area contributed by atoms with E-state index in [2.05, 4.69) is 10.6 Å². The van der Waals surface area contributed by atoms with Crippen LogP contribution in [0.4, 0.5) is 11.4 Å². The van der Waals surface area contributed by atoms with Crippen LogP contribution < -0.4 is 16.4 Å². The van der Waals surface area contributed by atoms with Crippen molar-refractivity contribution in [2.24, 2.45) is 0 Å². The van der Waals surface area contributed by atoms with E-state index in [-0.39, 0.29) is 31.4 Å². The summed E-state index contributed by atoms with van der Waals surface area (Å²) in [6.45, 7) is 4.53. The number of anilines is 2. The van der Waals surface area contributed by atoms with Crippen molar-refractivity contribution in [3.05, 3.63) is 23.8 Å². The number of nitrogens with one attached hydrogen (secondary N) is 2. The monoisotopic (exact) mass is 281 g/mol. The zero-order chi connectivity index (χ0) is 11.1. The Morgan fingerprint density at radius 2 is 1.88 bits per heavy atom. The SMILES string of the molecule is Cc1cc(N)ccc1NCCNCCO.Cl.Cl. The van der Waals surface area contributed by atoms with Gasteiger partial charge >= 0.3 is 0 Å². The molecular formula is C11H21Cl2N3O. The highest BCUT2D eigenvalue weighted by molar-refractivity contribution is 5.85. The van der Waals surface area contributed by atoms with Gasteiger partial charge in [-0.15, -0.1) is 24.8 Å². The average Bonchev–Trinajstić information content (AvgIpc) is 2.20. The van der Waals surface area contributed by atoms with E-state index in [0.29, 0.717) is 6.54 Å². The minimum Gasteiger partial charge on any atom is -0.399 e. The lowest BCUT2D eigenvalue weighted by Gasteiger charge is -2.10. The van der Waals surface area contributed by atoms with Crippen molar-refractivity contribution in [3.63, 3.8) is 0 Å². The summed E-state index contributed by atoms with van der Waals surface area (Å²) in [4.78, 5) is 0. The predicted octanol–water partition coefficient (Wildman–Crippen LogP) is 1.41. The minimum atomic E-state index is 0. The molecule has 0 radical (unpaired) electrons. The van der Waals surface area contributed by atoms with Crippen molar-refractivity contribution < 1.29 is 5.11 Å². The van der Waals surface area contributed by atoms with E-state index in [1.807, 2.05) is 25.1 Å². The zero-order valence-electron chi connectivity index (χ0n) is 9.90. The molecule has 0 fully saturated rings.